The number of amides is 2. The van der Waals surface area contributed by atoms with Crippen LogP contribution >= 0.6 is 0 Å². The molecule has 0 saturated carbocycles. The summed E-state index contributed by atoms with van der Waals surface area (Å²) in [5.41, 5.74) is 1.74. The summed E-state index contributed by atoms with van der Waals surface area (Å²) in [4.78, 5) is 29.4. The zero-order valence-electron chi connectivity index (χ0n) is 21.1. The first-order valence-electron chi connectivity index (χ1n) is 11.4. The van der Waals surface area contributed by atoms with Crippen LogP contribution in [0.1, 0.15) is 45.9 Å². The second kappa shape index (κ2) is 11.9. The summed E-state index contributed by atoms with van der Waals surface area (Å²) in [6.07, 6.45) is 2.02. The van der Waals surface area contributed by atoms with Crippen molar-refractivity contribution in [3.05, 3.63) is 53.9 Å². The normalized spacial score (nSPS) is 11.5. The predicted octanol–water partition coefficient (Wildman–Crippen LogP) is 3.80. The molecule has 2 rings (SSSR count). The monoisotopic (exact) mass is 457 g/mol. The topological polar surface area (TPSA) is 64.0 Å². The molecule has 2 aromatic rings. The van der Waals surface area contributed by atoms with Crippen LogP contribution in [0.2, 0.25) is 0 Å². The van der Waals surface area contributed by atoms with Crippen LogP contribution in [-0.2, 0) is 27.4 Å². The van der Waals surface area contributed by atoms with Gasteiger partial charge in [0.05, 0.1) is 20.2 Å². The van der Waals surface area contributed by atoms with Crippen molar-refractivity contribution in [1.82, 2.24) is 14.4 Å². The Morgan fingerprint density at radius 3 is 2.39 bits per heavy atom. The fraction of sp³-hybridized carbons (Fsp3) is 0.538. The van der Waals surface area contributed by atoms with Gasteiger partial charge >= 0.3 is 0 Å². The van der Waals surface area contributed by atoms with E-state index in [-0.39, 0.29) is 30.9 Å². The van der Waals surface area contributed by atoms with E-state index in [0.717, 1.165) is 17.0 Å². The number of aromatic nitrogens is 1. The van der Waals surface area contributed by atoms with Gasteiger partial charge in [0.25, 0.3) is 0 Å². The summed E-state index contributed by atoms with van der Waals surface area (Å²) in [6.45, 7) is 11.8. The summed E-state index contributed by atoms with van der Waals surface area (Å²) in [5.74, 6) is 0.817. The summed E-state index contributed by atoms with van der Waals surface area (Å²) in [5, 5.41) is 0. The lowest BCUT2D eigenvalue weighted by atomic mass is 10.0. The van der Waals surface area contributed by atoms with Gasteiger partial charge in [0.15, 0.2) is 0 Å². The molecule has 7 heteroatoms. The average molecular weight is 458 g/mol. The highest BCUT2D eigenvalue weighted by molar-refractivity contribution is 5.85. The maximum absolute atomic E-state index is 13.4. The number of ether oxygens (including phenoxy) is 2. The largest absolute Gasteiger partial charge is 0.497 e. The molecule has 0 atom stereocenters. The van der Waals surface area contributed by atoms with Gasteiger partial charge in [0, 0.05) is 37.6 Å². The lowest BCUT2D eigenvalue weighted by molar-refractivity contribution is -0.146. The molecule has 0 spiro atoms. The van der Waals surface area contributed by atoms with E-state index < -0.39 is 5.54 Å². The quantitative estimate of drug-likeness (QED) is 0.515. The Morgan fingerprint density at radius 1 is 1.06 bits per heavy atom. The molecular weight excluding hydrogens is 418 g/mol. The lowest BCUT2D eigenvalue weighted by Gasteiger charge is -2.37. The molecule has 0 aliphatic heterocycles. The zero-order valence-corrected chi connectivity index (χ0v) is 21.1. The minimum absolute atomic E-state index is 0.0289. The molecule has 0 unspecified atom stereocenters. The molecule has 1 heterocycles. The van der Waals surface area contributed by atoms with E-state index in [1.165, 1.54) is 7.11 Å². The Bertz CT molecular complexity index is 914. The van der Waals surface area contributed by atoms with Gasteiger partial charge in [-0.1, -0.05) is 26.0 Å². The van der Waals surface area contributed by atoms with Gasteiger partial charge in [0.1, 0.15) is 12.4 Å². The number of hydrogen-bond acceptors (Lipinski definition) is 4. The van der Waals surface area contributed by atoms with Crippen molar-refractivity contribution in [1.29, 1.82) is 0 Å². The SMILES string of the molecule is COCC(=O)N(CC(=O)N(Cc1cccn1Cc1cccc(OC)c1)C(C)(C)C)CC(C)C. The van der Waals surface area contributed by atoms with Crippen LogP contribution in [-0.4, -0.2) is 65.6 Å². The van der Waals surface area contributed by atoms with Gasteiger partial charge in [-0.2, -0.15) is 0 Å². The van der Waals surface area contributed by atoms with Crippen LogP contribution in [0.25, 0.3) is 0 Å². The number of nitrogens with zero attached hydrogens (tertiary/aromatic N) is 3. The van der Waals surface area contributed by atoms with Gasteiger partial charge < -0.3 is 23.8 Å². The van der Waals surface area contributed by atoms with Crippen LogP contribution in [0, 0.1) is 5.92 Å². The van der Waals surface area contributed by atoms with E-state index >= 15 is 0 Å². The highest BCUT2D eigenvalue weighted by atomic mass is 16.5. The second-order valence-electron chi connectivity index (χ2n) is 9.73. The molecule has 0 N–H and O–H groups in total. The molecule has 0 aliphatic carbocycles. The molecule has 0 aliphatic rings. The standard InChI is InChI=1S/C26H39N3O4/c1-20(2)15-28(25(31)19-32-6)18-24(30)29(26(3,4)5)17-22-11-9-13-27(22)16-21-10-8-12-23(14-21)33-7/h8-14,20H,15-19H2,1-7H3. The Hall–Kier alpha value is -2.80. The summed E-state index contributed by atoms with van der Waals surface area (Å²) < 4.78 is 12.5. The van der Waals surface area contributed by atoms with E-state index in [1.807, 2.05) is 76.0 Å². The first-order valence-corrected chi connectivity index (χ1v) is 11.4. The third kappa shape index (κ3) is 7.93. The van der Waals surface area contributed by atoms with Gasteiger partial charge in [-0.25, -0.2) is 0 Å². The fourth-order valence-corrected chi connectivity index (χ4v) is 3.73. The molecule has 1 aromatic heterocycles. The van der Waals surface area contributed by atoms with E-state index in [2.05, 4.69) is 10.6 Å². The first-order chi connectivity index (χ1) is 15.5. The van der Waals surface area contributed by atoms with Crippen molar-refractivity contribution in [3.8, 4) is 5.75 Å². The molecule has 33 heavy (non-hydrogen) atoms. The molecule has 182 valence electrons. The molecular formula is C26H39N3O4. The molecule has 0 saturated heterocycles. The Balaban J connectivity index is 2.22. The predicted molar refractivity (Wildman–Crippen MR) is 130 cm³/mol. The fourth-order valence-electron chi connectivity index (χ4n) is 3.73. The third-order valence-corrected chi connectivity index (χ3v) is 5.37. The lowest BCUT2D eigenvalue weighted by Crippen LogP contribution is -2.51. The highest BCUT2D eigenvalue weighted by Crippen LogP contribution is 2.21. The van der Waals surface area contributed by atoms with Crippen molar-refractivity contribution in [3.63, 3.8) is 0 Å². The van der Waals surface area contributed by atoms with Crippen LogP contribution in [0.5, 0.6) is 5.75 Å². The van der Waals surface area contributed by atoms with E-state index in [9.17, 15) is 9.59 Å². The Kier molecular flexibility index (Phi) is 9.53. The number of hydrogen-bond donors (Lipinski definition) is 0. The summed E-state index contributed by atoms with van der Waals surface area (Å²) in [7, 11) is 3.15. The summed E-state index contributed by atoms with van der Waals surface area (Å²) in [6, 6.07) is 12.0. The zero-order chi connectivity index (χ0) is 24.6. The van der Waals surface area contributed by atoms with Crippen molar-refractivity contribution < 1.29 is 19.1 Å². The highest BCUT2D eigenvalue weighted by Gasteiger charge is 2.30. The van der Waals surface area contributed by atoms with Crippen molar-refractivity contribution in [2.75, 3.05) is 33.9 Å². The minimum atomic E-state index is -0.407. The summed E-state index contributed by atoms with van der Waals surface area (Å²) >= 11 is 0. The van der Waals surface area contributed by atoms with Crippen LogP contribution < -0.4 is 4.74 Å². The number of rotatable bonds is 11. The number of carbonyl (C=O) groups is 2. The number of carbonyl (C=O) groups excluding carboxylic acids is 2. The third-order valence-electron chi connectivity index (χ3n) is 5.37. The Labute approximate surface area is 198 Å². The number of benzene rings is 1. The van der Waals surface area contributed by atoms with Gasteiger partial charge in [-0.3, -0.25) is 9.59 Å². The van der Waals surface area contributed by atoms with Crippen LogP contribution in [0.3, 0.4) is 0 Å². The molecule has 7 nitrogen and oxygen atoms in total. The molecule has 0 fully saturated rings. The van der Waals surface area contributed by atoms with E-state index in [0.29, 0.717) is 19.6 Å². The smallest absolute Gasteiger partial charge is 0.249 e. The van der Waals surface area contributed by atoms with Gasteiger partial charge in [0.2, 0.25) is 11.8 Å². The maximum Gasteiger partial charge on any atom is 0.249 e. The molecule has 2 amide bonds. The number of methoxy groups -OCH3 is 2. The van der Waals surface area contributed by atoms with E-state index in [4.69, 9.17) is 9.47 Å². The maximum atomic E-state index is 13.4. The van der Waals surface area contributed by atoms with Gasteiger partial charge in [-0.15, -0.1) is 0 Å². The Morgan fingerprint density at radius 2 is 1.79 bits per heavy atom. The molecule has 1 aromatic carbocycles. The van der Waals surface area contributed by atoms with Crippen molar-refractivity contribution in [2.24, 2.45) is 5.92 Å². The minimum Gasteiger partial charge on any atom is -0.497 e. The first kappa shape index (κ1) is 26.5. The molecule has 0 bridgehead atoms. The molecule has 0 radical (unpaired) electrons. The van der Waals surface area contributed by atoms with Crippen molar-refractivity contribution in [2.45, 2.75) is 53.2 Å². The van der Waals surface area contributed by atoms with Crippen LogP contribution in [0.4, 0.5) is 0 Å². The van der Waals surface area contributed by atoms with E-state index in [1.54, 1.807) is 12.0 Å². The van der Waals surface area contributed by atoms with Gasteiger partial charge in [-0.05, 0) is 56.5 Å². The average Bonchev–Trinajstić information content (AvgIpc) is 3.17. The van der Waals surface area contributed by atoms with Crippen LogP contribution in [0.15, 0.2) is 42.6 Å². The second-order valence-corrected chi connectivity index (χ2v) is 9.73. The van der Waals surface area contributed by atoms with Crippen molar-refractivity contribution >= 4 is 11.8 Å².